The van der Waals surface area contributed by atoms with Crippen LogP contribution in [0.5, 0.6) is 0 Å². The molecule has 0 fully saturated rings. The molecule has 0 aliphatic heterocycles. The molecule has 0 unspecified atom stereocenters. The van der Waals surface area contributed by atoms with Crippen LogP contribution in [0.1, 0.15) is 4.79 Å². The average Bonchev–Trinajstić information content (AvgIpc) is 2.75. The highest BCUT2D eigenvalue weighted by Gasteiger charge is 2.10. The molecule has 0 aliphatic rings. The van der Waals surface area contributed by atoms with Gasteiger partial charge in [-0.2, -0.15) is 19.7 Å². The summed E-state index contributed by atoms with van der Waals surface area (Å²) in [6.45, 7) is -0.0525. The largest absolute Gasteiger partial charge is 0.383 e. The normalized spacial score (nSPS) is 10.4. The fraction of sp³-hybridized carbons (Fsp3) is 0.143. The molecule has 0 aromatic carbocycles. The van der Waals surface area contributed by atoms with E-state index in [0.717, 1.165) is 4.68 Å². The zero-order chi connectivity index (χ0) is 10.8. The number of nitrogen functional groups attached to an aromatic ring is 2. The van der Waals surface area contributed by atoms with Crippen molar-refractivity contribution in [3.63, 3.8) is 0 Å². The van der Waals surface area contributed by atoms with Gasteiger partial charge >= 0.3 is 0 Å². The molecule has 8 heteroatoms. The third-order valence-electron chi connectivity index (χ3n) is 1.74. The molecule has 0 atom stereocenters. The maximum absolute atomic E-state index is 11.6. The van der Waals surface area contributed by atoms with Crippen LogP contribution >= 0.6 is 0 Å². The Kier molecular flexibility index (Phi) is 2.08. The van der Waals surface area contributed by atoms with Crippen molar-refractivity contribution in [1.29, 1.82) is 0 Å². The van der Waals surface area contributed by atoms with Crippen molar-refractivity contribution >= 4 is 17.5 Å². The van der Waals surface area contributed by atoms with Crippen LogP contribution in [-0.2, 0) is 6.54 Å². The second-order valence-corrected chi connectivity index (χ2v) is 2.86. The van der Waals surface area contributed by atoms with Crippen LogP contribution in [0.3, 0.4) is 0 Å². The van der Waals surface area contributed by atoms with Gasteiger partial charge in [0.2, 0.25) is 0 Å². The van der Waals surface area contributed by atoms with Gasteiger partial charge in [-0.15, -0.1) is 5.10 Å². The summed E-state index contributed by atoms with van der Waals surface area (Å²) in [5.41, 5.74) is 10.9. The topological polar surface area (TPSA) is 118 Å². The SMILES string of the molecule is Nc1cnn(CC(=O)n2nccc2N)n1. The van der Waals surface area contributed by atoms with E-state index in [1.807, 2.05) is 0 Å². The molecule has 8 nitrogen and oxygen atoms in total. The Balaban J connectivity index is 2.14. The van der Waals surface area contributed by atoms with Gasteiger partial charge in [-0.1, -0.05) is 0 Å². The molecular weight excluding hydrogens is 198 g/mol. The minimum absolute atomic E-state index is 0.0525. The summed E-state index contributed by atoms with van der Waals surface area (Å²) < 4.78 is 1.08. The number of rotatable bonds is 2. The summed E-state index contributed by atoms with van der Waals surface area (Å²) in [6, 6.07) is 1.53. The lowest BCUT2D eigenvalue weighted by molar-refractivity contribution is 0.0867. The van der Waals surface area contributed by atoms with Crippen molar-refractivity contribution in [3.05, 3.63) is 18.5 Å². The highest BCUT2D eigenvalue weighted by molar-refractivity contribution is 5.80. The first kappa shape index (κ1) is 9.19. The molecule has 0 saturated heterocycles. The van der Waals surface area contributed by atoms with Gasteiger partial charge in [0.25, 0.3) is 5.91 Å². The van der Waals surface area contributed by atoms with Crippen molar-refractivity contribution < 1.29 is 4.79 Å². The third kappa shape index (κ3) is 1.77. The van der Waals surface area contributed by atoms with E-state index in [4.69, 9.17) is 11.5 Å². The molecule has 2 heterocycles. The molecule has 0 spiro atoms. The average molecular weight is 207 g/mol. The number of aromatic nitrogens is 5. The van der Waals surface area contributed by atoms with Crippen LogP contribution in [0, 0.1) is 0 Å². The Labute approximate surface area is 84.5 Å². The Morgan fingerprint density at radius 3 is 2.73 bits per heavy atom. The number of nitrogens with two attached hydrogens (primary N) is 2. The summed E-state index contributed by atoms with van der Waals surface area (Å²) >= 11 is 0. The first-order valence-electron chi connectivity index (χ1n) is 4.15. The summed E-state index contributed by atoms with van der Waals surface area (Å²) in [5.74, 6) is 0.212. The summed E-state index contributed by atoms with van der Waals surface area (Å²) in [4.78, 5) is 12.8. The van der Waals surface area contributed by atoms with Crippen LogP contribution in [-0.4, -0.2) is 30.7 Å². The number of nitrogens with zero attached hydrogens (tertiary/aromatic N) is 5. The number of anilines is 2. The molecule has 2 aromatic rings. The fourth-order valence-electron chi connectivity index (χ4n) is 1.10. The maximum Gasteiger partial charge on any atom is 0.272 e. The summed E-state index contributed by atoms with van der Waals surface area (Å²) in [7, 11) is 0. The first-order chi connectivity index (χ1) is 7.16. The van der Waals surface area contributed by atoms with Crippen LogP contribution < -0.4 is 11.5 Å². The van der Waals surface area contributed by atoms with Gasteiger partial charge < -0.3 is 11.5 Å². The molecule has 0 saturated carbocycles. The van der Waals surface area contributed by atoms with E-state index in [1.54, 1.807) is 0 Å². The minimum Gasteiger partial charge on any atom is -0.383 e. The maximum atomic E-state index is 11.6. The molecule has 4 N–H and O–H groups in total. The molecule has 2 rings (SSSR count). The van der Waals surface area contributed by atoms with Crippen molar-refractivity contribution in [1.82, 2.24) is 24.8 Å². The quantitative estimate of drug-likeness (QED) is 0.650. The lowest BCUT2D eigenvalue weighted by Crippen LogP contribution is -2.21. The number of carbonyl (C=O) groups excluding carboxylic acids is 1. The molecular formula is C7H9N7O. The highest BCUT2D eigenvalue weighted by atomic mass is 16.2. The number of hydrogen-bond donors (Lipinski definition) is 2. The number of hydrogen-bond acceptors (Lipinski definition) is 6. The predicted octanol–water partition coefficient (Wildman–Crippen LogP) is -1.02. The van der Waals surface area contributed by atoms with Crippen molar-refractivity contribution in [2.45, 2.75) is 6.54 Å². The highest BCUT2D eigenvalue weighted by Crippen LogP contribution is 2.00. The van der Waals surface area contributed by atoms with E-state index in [9.17, 15) is 4.79 Å². The van der Waals surface area contributed by atoms with Gasteiger partial charge in [0, 0.05) is 6.07 Å². The van der Waals surface area contributed by atoms with E-state index in [-0.39, 0.29) is 24.1 Å². The second kappa shape index (κ2) is 3.40. The Morgan fingerprint density at radius 1 is 1.40 bits per heavy atom. The second-order valence-electron chi connectivity index (χ2n) is 2.86. The van der Waals surface area contributed by atoms with Crippen molar-refractivity contribution in [3.8, 4) is 0 Å². The van der Waals surface area contributed by atoms with Gasteiger partial charge in [0.15, 0.2) is 5.82 Å². The molecule has 0 amide bonds. The summed E-state index contributed by atoms with van der Waals surface area (Å²) in [6.07, 6.45) is 2.80. The fourth-order valence-corrected chi connectivity index (χ4v) is 1.10. The molecule has 0 bridgehead atoms. The molecule has 78 valence electrons. The lowest BCUT2D eigenvalue weighted by Gasteiger charge is -2.01. The molecule has 2 aromatic heterocycles. The zero-order valence-corrected chi connectivity index (χ0v) is 7.74. The Hall–Kier alpha value is -2.38. The standard InChI is InChI=1S/C7H9N7O/c8-5-3-11-13(12-5)4-7(15)14-6(9)1-2-10-14/h1-3H,4,9H2,(H2,8,12). The first-order valence-corrected chi connectivity index (χ1v) is 4.15. The number of carbonyl (C=O) groups is 1. The van der Waals surface area contributed by atoms with Crippen molar-refractivity contribution in [2.24, 2.45) is 0 Å². The molecule has 0 radical (unpaired) electrons. The van der Waals surface area contributed by atoms with Gasteiger partial charge in [-0.3, -0.25) is 4.79 Å². The molecule has 0 aliphatic carbocycles. The van der Waals surface area contributed by atoms with E-state index in [0.29, 0.717) is 0 Å². The Bertz CT molecular complexity index is 485. The van der Waals surface area contributed by atoms with Crippen LogP contribution in [0.25, 0.3) is 0 Å². The van der Waals surface area contributed by atoms with Gasteiger partial charge in [0.05, 0.1) is 12.4 Å². The van der Waals surface area contributed by atoms with Gasteiger partial charge in [-0.25, -0.2) is 0 Å². The Morgan fingerprint density at radius 2 is 2.20 bits per heavy atom. The van der Waals surface area contributed by atoms with Gasteiger partial charge in [0.1, 0.15) is 12.4 Å². The van der Waals surface area contributed by atoms with Gasteiger partial charge in [-0.05, 0) is 0 Å². The zero-order valence-electron chi connectivity index (χ0n) is 7.74. The monoisotopic (exact) mass is 207 g/mol. The third-order valence-corrected chi connectivity index (χ3v) is 1.74. The summed E-state index contributed by atoms with van der Waals surface area (Å²) in [5, 5.41) is 11.3. The smallest absolute Gasteiger partial charge is 0.272 e. The minimum atomic E-state index is -0.326. The van der Waals surface area contributed by atoms with Crippen molar-refractivity contribution in [2.75, 3.05) is 11.5 Å². The van der Waals surface area contributed by atoms with Crippen LogP contribution in [0.2, 0.25) is 0 Å². The van der Waals surface area contributed by atoms with Crippen LogP contribution in [0.4, 0.5) is 11.6 Å². The van der Waals surface area contributed by atoms with E-state index < -0.39 is 0 Å². The predicted molar refractivity (Wildman–Crippen MR) is 51.7 cm³/mol. The van der Waals surface area contributed by atoms with Crippen LogP contribution in [0.15, 0.2) is 18.5 Å². The lowest BCUT2D eigenvalue weighted by atomic mass is 10.6. The van der Waals surface area contributed by atoms with E-state index in [2.05, 4.69) is 15.3 Å². The molecule has 15 heavy (non-hydrogen) atoms. The van der Waals surface area contributed by atoms with E-state index in [1.165, 1.54) is 23.3 Å². The van der Waals surface area contributed by atoms with E-state index >= 15 is 0 Å².